The van der Waals surface area contributed by atoms with E-state index in [1.165, 1.54) is 11.8 Å². The Morgan fingerprint density at radius 2 is 1.93 bits per heavy atom. The molecule has 0 spiro atoms. The Kier molecular flexibility index (Phi) is 6.51. The topological polar surface area (TPSA) is 93.8 Å². The van der Waals surface area contributed by atoms with Crippen LogP contribution in [0.1, 0.15) is 5.56 Å². The summed E-state index contributed by atoms with van der Waals surface area (Å²) in [5.41, 5.74) is 6.29. The van der Waals surface area contributed by atoms with Crippen LogP contribution in [-0.4, -0.2) is 23.6 Å². The van der Waals surface area contributed by atoms with Crippen LogP contribution < -0.4 is 15.8 Å². The molecule has 0 radical (unpaired) electrons. The standard InChI is InChI=1S/C18H12Cl3N3O3S/c19-11-3-2-10(7-12(11)20)23-18-24-17(26)15(28-18)6-9-1-4-14(13(21)5-9)27-8-16(22)25/h1-7H,8H2,(H2,22,25)(H,23,24,26). The van der Waals surface area contributed by atoms with Crippen molar-refractivity contribution in [3.8, 4) is 5.75 Å². The number of amidine groups is 1. The molecule has 0 saturated carbocycles. The highest BCUT2D eigenvalue weighted by Crippen LogP contribution is 2.32. The lowest BCUT2D eigenvalue weighted by Crippen LogP contribution is -2.20. The molecule has 10 heteroatoms. The molecule has 3 N–H and O–H groups in total. The van der Waals surface area contributed by atoms with Crippen molar-refractivity contribution in [1.82, 2.24) is 5.32 Å². The number of primary amides is 1. The number of nitrogens with one attached hydrogen (secondary N) is 1. The number of amides is 2. The molecule has 28 heavy (non-hydrogen) atoms. The van der Waals surface area contributed by atoms with Crippen LogP contribution in [0.25, 0.3) is 6.08 Å². The van der Waals surface area contributed by atoms with Crippen molar-refractivity contribution in [1.29, 1.82) is 0 Å². The molecule has 1 aliphatic rings. The van der Waals surface area contributed by atoms with Gasteiger partial charge in [0.25, 0.3) is 11.8 Å². The third-order valence-electron chi connectivity index (χ3n) is 3.41. The number of carbonyl (C=O) groups excluding carboxylic acids is 2. The first kappa shape index (κ1) is 20.5. The van der Waals surface area contributed by atoms with Crippen molar-refractivity contribution in [2.75, 3.05) is 6.61 Å². The number of nitrogens with two attached hydrogens (primary N) is 1. The van der Waals surface area contributed by atoms with Gasteiger partial charge >= 0.3 is 0 Å². The molecular weight excluding hydrogens is 445 g/mol. The number of hydrogen-bond acceptors (Lipinski definition) is 5. The minimum atomic E-state index is -0.602. The molecule has 6 nitrogen and oxygen atoms in total. The average Bonchev–Trinajstić information content (AvgIpc) is 2.96. The van der Waals surface area contributed by atoms with Crippen LogP contribution in [0.5, 0.6) is 5.75 Å². The summed E-state index contributed by atoms with van der Waals surface area (Å²) in [7, 11) is 0. The van der Waals surface area contributed by atoms with Gasteiger partial charge < -0.3 is 15.8 Å². The third kappa shape index (κ3) is 5.20. The van der Waals surface area contributed by atoms with E-state index in [0.29, 0.717) is 42.1 Å². The molecule has 0 unspecified atom stereocenters. The van der Waals surface area contributed by atoms with Crippen LogP contribution in [0, 0.1) is 0 Å². The van der Waals surface area contributed by atoms with Gasteiger partial charge in [-0.3, -0.25) is 9.59 Å². The Bertz CT molecular complexity index is 1020. The zero-order chi connectivity index (χ0) is 20.3. The summed E-state index contributed by atoms with van der Waals surface area (Å²) in [5, 5.41) is 4.20. The molecule has 0 aliphatic carbocycles. The van der Waals surface area contributed by atoms with Gasteiger partial charge in [-0.25, -0.2) is 4.99 Å². The SMILES string of the molecule is NC(=O)COc1ccc(C=C2SC(=Nc3ccc(Cl)c(Cl)c3)NC2=O)cc1Cl. The Hall–Kier alpha value is -2.19. The number of ether oxygens (including phenoxy) is 1. The number of halogens is 3. The van der Waals surface area contributed by atoms with Gasteiger partial charge in [0.05, 0.1) is 25.7 Å². The first-order valence-electron chi connectivity index (χ1n) is 7.77. The maximum Gasteiger partial charge on any atom is 0.264 e. The molecule has 2 amide bonds. The summed E-state index contributed by atoms with van der Waals surface area (Å²) in [6.45, 7) is -0.271. The number of hydrogen-bond donors (Lipinski definition) is 2. The van der Waals surface area contributed by atoms with Gasteiger partial charge in [0.2, 0.25) is 0 Å². The van der Waals surface area contributed by atoms with Gasteiger partial charge in [-0.2, -0.15) is 0 Å². The van der Waals surface area contributed by atoms with E-state index in [4.69, 9.17) is 45.3 Å². The number of aliphatic imine (C=N–C) groups is 1. The average molecular weight is 457 g/mol. The summed E-state index contributed by atoms with van der Waals surface area (Å²) >= 11 is 19.2. The molecule has 1 aliphatic heterocycles. The molecule has 1 saturated heterocycles. The second-order valence-corrected chi connectivity index (χ2v) is 7.78. The summed E-state index contributed by atoms with van der Waals surface area (Å²) in [5.74, 6) is -0.558. The summed E-state index contributed by atoms with van der Waals surface area (Å²) in [6.07, 6.45) is 1.67. The molecule has 3 rings (SSSR count). The van der Waals surface area contributed by atoms with Crippen LogP contribution in [0.3, 0.4) is 0 Å². The van der Waals surface area contributed by atoms with Crippen LogP contribution >= 0.6 is 46.6 Å². The van der Waals surface area contributed by atoms with Crippen LogP contribution in [0.2, 0.25) is 15.1 Å². The van der Waals surface area contributed by atoms with E-state index in [2.05, 4.69) is 10.3 Å². The zero-order valence-corrected chi connectivity index (χ0v) is 17.1. The minimum absolute atomic E-state index is 0.271. The Morgan fingerprint density at radius 3 is 2.61 bits per heavy atom. The normalized spacial score (nSPS) is 16.5. The highest BCUT2D eigenvalue weighted by molar-refractivity contribution is 8.18. The lowest BCUT2D eigenvalue weighted by molar-refractivity contribution is -0.120. The van der Waals surface area contributed by atoms with Crippen molar-refractivity contribution in [2.24, 2.45) is 10.7 Å². The van der Waals surface area contributed by atoms with Crippen molar-refractivity contribution in [3.63, 3.8) is 0 Å². The monoisotopic (exact) mass is 455 g/mol. The third-order valence-corrected chi connectivity index (χ3v) is 5.35. The predicted octanol–water partition coefficient (Wildman–Crippen LogP) is 4.40. The second kappa shape index (κ2) is 8.87. The molecule has 2 aromatic carbocycles. The van der Waals surface area contributed by atoms with E-state index in [9.17, 15) is 9.59 Å². The van der Waals surface area contributed by atoms with E-state index >= 15 is 0 Å². The van der Waals surface area contributed by atoms with Gasteiger partial charge in [-0.05, 0) is 53.7 Å². The number of carbonyl (C=O) groups is 2. The number of rotatable bonds is 5. The van der Waals surface area contributed by atoms with E-state index in [1.54, 1.807) is 42.5 Å². The van der Waals surface area contributed by atoms with Crippen molar-refractivity contribution < 1.29 is 14.3 Å². The fourth-order valence-electron chi connectivity index (χ4n) is 2.18. The quantitative estimate of drug-likeness (QED) is 0.652. The fourth-order valence-corrected chi connectivity index (χ4v) is 3.55. The molecule has 1 fully saturated rings. The number of thioether (sulfide) groups is 1. The van der Waals surface area contributed by atoms with Crippen LogP contribution in [0.4, 0.5) is 5.69 Å². The van der Waals surface area contributed by atoms with Crippen molar-refractivity contribution in [3.05, 3.63) is 61.9 Å². The first-order valence-corrected chi connectivity index (χ1v) is 9.72. The maximum atomic E-state index is 12.2. The lowest BCUT2D eigenvalue weighted by Gasteiger charge is -2.06. The first-order chi connectivity index (χ1) is 13.3. The molecule has 0 atom stereocenters. The summed E-state index contributed by atoms with van der Waals surface area (Å²) < 4.78 is 5.19. The van der Waals surface area contributed by atoms with Crippen LogP contribution in [0.15, 0.2) is 46.3 Å². The van der Waals surface area contributed by atoms with Gasteiger partial charge in [-0.1, -0.05) is 40.9 Å². The molecular formula is C18H12Cl3N3O3S. The Balaban J connectivity index is 1.76. The van der Waals surface area contributed by atoms with Crippen molar-refractivity contribution >= 4 is 75.3 Å². The molecule has 144 valence electrons. The van der Waals surface area contributed by atoms with Crippen LogP contribution in [-0.2, 0) is 9.59 Å². The zero-order valence-electron chi connectivity index (χ0n) is 14.0. The molecule has 0 bridgehead atoms. The lowest BCUT2D eigenvalue weighted by atomic mass is 10.2. The van der Waals surface area contributed by atoms with Gasteiger partial charge in [0.1, 0.15) is 5.75 Å². The Labute approximate surface area is 179 Å². The van der Waals surface area contributed by atoms with Gasteiger partial charge in [0.15, 0.2) is 11.8 Å². The number of benzene rings is 2. The van der Waals surface area contributed by atoms with E-state index in [-0.39, 0.29) is 12.5 Å². The summed E-state index contributed by atoms with van der Waals surface area (Å²) in [6, 6.07) is 9.85. The minimum Gasteiger partial charge on any atom is -0.482 e. The largest absolute Gasteiger partial charge is 0.482 e. The maximum absolute atomic E-state index is 12.2. The smallest absolute Gasteiger partial charge is 0.264 e. The fraction of sp³-hybridized carbons (Fsp3) is 0.0556. The van der Waals surface area contributed by atoms with Gasteiger partial charge in [-0.15, -0.1) is 0 Å². The highest BCUT2D eigenvalue weighted by atomic mass is 35.5. The Morgan fingerprint density at radius 1 is 1.14 bits per heavy atom. The van der Waals surface area contributed by atoms with E-state index < -0.39 is 5.91 Å². The highest BCUT2D eigenvalue weighted by Gasteiger charge is 2.24. The van der Waals surface area contributed by atoms with Crippen molar-refractivity contribution in [2.45, 2.75) is 0 Å². The van der Waals surface area contributed by atoms with Gasteiger partial charge in [0, 0.05) is 0 Å². The molecule has 0 aromatic heterocycles. The second-order valence-electron chi connectivity index (χ2n) is 5.52. The predicted molar refractivity (Wildman–Crippen MR) is 113 cm³/mol. The molecule has 1 heterocycles. The van der Waals surface area contributed by atoms with E-state index in [0.717, 1.165) is 0 Å². The molecule has 2 aromatic rings. The van der Waals surface area contributed by atoms with E-state index in [1.807, 2.05) is 0 Å². The number of nitrogens with zero attached hydrogens (tertiary/aromatic N) is 1. The summed E-state index contributed by atoms with van der Waals surface area (Å²) in [4.78, 5) is 27.8.